The number of ether oxygens (including phenoxy) is 1. The zero-order chi connectivity index (χ0) is 14.1. The van der Waals surface area contributed by atoms with Crippen LogP contribution in [0.5, 0.6) is 5.75 Å². The molecule has 2 N–H and O–H groups in total. The average Bonchev–Trinajstić information content (AvgIpc) is 3.03. The van der Waals surface area contributed by atoms with E-state index in [2.05, 4.69) is 36.1 Å². The Labute approximate surface area is 118 Å². The van der Waals surface area contributed by atoms with Crippen molar-refractivity contribution < 1.29 is 4.74 Å². The molecule has 1 aromatic carbocycles. The van der Waals surface area contributed by atoms with Gasteiger partial charge in [-0.05, 0) is 49.9 Å². The van der Waals surface area contributed by atoms with Crippen molar-refractivity contribution >= 4 is 0 Å². The fourth-order valence-electron chi connectivity index (χ4n) is 2.67. The predicted octanol–water partition coefficient (Wildman–Crippen LogP) is 2.38. The number of nitrogens with zero attached hydrogens (tertiary/aromatic N) is 3. The van der Waals surface area contributed by atoms with E-state index in [-0.39, 0.29) is 12.1 Å². The van der Waals surface area contributed by atoms with Crippen LogP contribution in [0.25, 0.3) is 0 Å². The molecule has 106 valence electrons. The molecule has 2 aromatic rings. The summed E-state index contributed by atoms with van der Waals surface area (Å²) >= 11 is 0. The van der Waals surface area contributed by atoms with Gasteiger partial charge in [-0.25, -0.2) is 9.67 Å². The highest BCUT2D eigenvalue weighted by molar-refractivity contribution is 5.40. The van der Waals surface area contributed by atoms with Crippen molar-refractivity contribution in [2.24, 2.45) is 5.73 Å². The molecule has 0 fully saturated rings. The number of rotatable bonds is 4. The topological polar surface area (TPSA) is 66.0 Å². The van der Waals surface area contributed by atoms with E-state index >= 15 is 0 Å². The predicted molar refractivity (Wildman–Crippen MR) is 76.4 cm³/mol. The second kappa shape index (κ2) is 5.25. The first-order chi connectivity index (χ1) is 9.65. The summed E-state index contributed by atoms with van der Waals surface area (Å²) in [6, 6.07) is 6.63. The van der Waals surface area contributed by atoms with E-state index in [9.17, 15) is 0 Å². The lowest BCUT2D eigenvalue weighted by Gasteiger charge is -2.11. The first-order valence-electron chi connectivity index (χ1n) is 7.04. The van der Waals surface area contributed by atoms with Gasteiger partial charge in [-0.1, -0.05) is 6.07 Å². The van der Waals surface area contributed by atoms with E-state index in [4.69, 9.17) is 10.5 Å². The molecule has 3 rings (SSSR count). The van der Waals surface area contributed by atoms with Crippen LogP contribution in [0, 0.1) is 0 Å². The molecule has 1 heterocycles. The molecule has 0 saturated heterocycles. The van der Waals surface area contributed by atoms with Crippen LogP contribution in [0.3, 0.4) is 0 Å². The molecule has 1 aromatic heterocycles. The Kier molecular flexibility index (Phi) is 3.44. The normalized spacial score (nSPS) is 17.5. The molecule has 0 radical (unpaired) electrons. The van der Waals surface area contributed by atoms with E-state index < -0.39 is 0 Å². The molecule has 1 atom stereocenters. The summed E-state index contributed by atoms with van der Waals surface area (Å²) in [5.41, 5.74) is 8.60. The minimum Gasteiger partial charge on any atom is -0.486 e. The van der Waals surface area contributed by atoms with Gasteiger partial charge in [0.1, 0.15) is 18.7 Å². The molecular weight excluding hydrogens is 252 g/mol. The number of hydrogen-bond donors (Lipinski definition) is 1. The quantitative estimate of drug-likeness (QED) is 0.928. The second-order valence-corrected chi connectivity index (χ2v) is 5.51. The van der Waals surface area contributed by atoms with E-state index in [1.54, 1.807) is 6.33 Å². The van der Waals surface area contributed by atoms with Crippen LogP contribution in [0.15, 0.2) is 24.5 Å². The van der Waals surface area contributed by atoms with Crippen molar-refractivity contribution in [1.82, 2.24) is 14.8 Å². The summed E-state index contributed by atoms with van der Waals surface area (Å²) in [6.45, 7) is 4.59. The van der Waals surface area contributed by atoms with Gasteiger partial charge in [0, 0.05) is 12.1 Å². The van der Waals surface area contributed by atoms with E-state index in [0.29, 0.717) is 6.61 Å². The Hall–Kier alpha value is -1.88. The molecule has 0 saturated carbocycles. The minimum atomic E-state index is 0.183. The van der Waals surface area contributed by atoms with Gasteiger partial charge in [0.2, 0.25) is 0 Å². The van der Waals surface area contributed by atoms with Gasteiger partial charge in [-0.15, -0.1) is 0 Å². The molecule has 5 nitrogen and oxygen atoms in total. The van der Waals surface area contributed by atoms with Crippen molar-refractivity contribution in [3.8, 4) is 5.75 Å². The van der Waals surface area contributed by atoms with E-state index in [1.807, 2.05) is 10.7 Å². The summed E-state index contributed by atoms with van der Waals surface area (Å²) in [5.74, 6) is 1.72. The first kappa shape index (κ1) is 13.1. The number of nitrogens with two attached hydrogens (primary N) is 1. The number of fused-ring (bicyclic) bond motifs is 1. The summed E-state index contributed by atoms with van der Waals surface area (Å²) in [5, 5.41) is 4.20. The van der Waals surface area contributed by atoms with E-state index in [1.165, 1.54) is 11.1 Å². The zero-order valence-electron chi connectivity index (χ0n) is 11.9. The molecule has 0 unspecified atom stereocenters. The lowest BCUT2D eigenvalue weighted by molar-refractivity contribution is 0.282. The molecule has 0 amide bonds. The third kappa shape index (κ3) is 2.41. The van der Waals surface area contributed by atoms with Gasteiger partial charge in [-0.2, -0.15) is 5.10 Å². The van der Waals surface area contributed by atoms with Crippen molar-refractivity contribution in [2.75, 3.05) is 0 Å². The van der Waals surface area contributed by atoms with Gasteiger partial charge in [-0.3, -0.25) is 0 Å². The monoisotopic (exact) mass is 272 g/mol. The smallest absolute Gasteiger partial charge is 0.165 e. The highest BCUT2D eigenvalue weighted by Crippen LogP contribution is 2.32. The largest absolute Gasteiger partial charge is 0.486 e. The maximum absolute atomic E-state index is 6.04. The van der Waals surface area contributed by atoms with Gasteiger partial charge in [0.15, 0.2) is 5.82 Å². The van der Waals surface area contributed by atoms with Crippen LogP contribution < -0.4 is 10.5 Å². The standard InChI is InChI=1S/C15H20N4O/c1-10(2)19-15(17-9-18-19)8-20-12-4-5-13-11(7-12)3-6-14(13)16/h4-5,7,9-10,14H,3,6,8,16H2,1-2H3/t14-/m0/s1. The van der Waals surface area contributed by atoms with Crippen molar-refractivity contribution in [2.45, 2.75) is 45.4 Å². The van der Waals surface area contributed by atoms with Gasteiger partial charge < -0.3 is 10.5 Å². The van der Waals surface area contributed by atoms with Crippen LogP contribution in [-0.2, 0) is 13.0 Å². The van der Waals surface area contributed by atoms with Crippen LogP contribution in [0.1, 0.15) is 49.3 Å². The third-order valence-electron chi connectivity index (χ3n) is 3.74. The number of aryl methyl sites for hydroxylation is 1. The van der Waals surface area contributed by atoms with Crippen LogP contribution in [0.4, 0.5) is 0 Å². The first-order valence-corrected chi connectivity index (χ1v) is 7.04. The lowest BCUT2D eigenvalue weighted by atomic mass is 10.1. The molecule has 1 aliphatic carbocycles. The molecule has 0 bridgehead atoms. The number of aromatic nitrogens is 3. The average molecular weight is 272 g/mol. The molecule has 0 spiro atoms. The fourth-order valence-corrected chi connectivity index (χ4v) is 2.67. The second-order valence-electron chi connectivity index (χ2n) is 5.51. The van der Waals surface area contributed by atoms with Gasteiger partial charge in [0.05, 0.1) is 0 Å². The SMILES string of the molecule is CC(C)n1ncnc1COc1ccc2c(c1)CC[C@@H]2N. The van der Waals surface area contributed by atoms with Crippen LogP contribution in [0.2, 0.25) is 0 Å². The van der Waals surface area contributed by atoms with Crippen molar-refractivity contribution in [1.29, 1.82) is 0 Å². The summed E-state index contributed by atoms with van der Waals surface area (Å²) < 4.78 is 7.72. The Morgan fingerprint density at radius 1 is 1.45 bits per heavy atom. The zero-order valence-corrected chi connectivity index (χ0v) is 11.9. The van der Waals surface area contributed by atoms with Crippen LogP contribution in [-0.4, -0.2) is 14.8 Å². The Bertz CT molecular complexity index is 606. The number of hydrogen-bond acceptors (Lipinski definition) is 4. The van der Waals surface area contributed by atoms with Gasteiger partial charge >= 0.3 is 0 Å². The highest BCUT2D eigenvalue weighted by atomic mass is 16.5. The van der Waals surface area contributed by atoms with Crippen molar-refractivity contribution in [3.05, 3.63) is 41.5 Å². The molecule has 0 aliphatic heterocycles. The van der Waals surface area contributed by atoms with Gasteiger partial charge in [0.25, 0.3) is 0 Å². The fraction of sp³-hybridized carbons (Fsp3) is 0.467. The highest BCUT2D eigenvalue weighted by Gasteiger charge is 2.19. The Morgan fingerprint density at radius 2 is 2.30 bits per heavy atom. The summed E-state index contributed by atoms with van der Waals surface area (Å²) in [4.78, 5) is 4.24. The molecule has 1 aliphatic rings. The minimum absolute atomic E-state index is 0.183. The molecular formula is C15H20N4O. The third-order valence-corrected chi connectivity index (χ3v) is 3.74. The Balaban J connectivity index is 1.71. The van der Waals surface area contributed by atoms with Crippen molar-refractivity contribution in [3.63, 3.8) is 0 Å². The summed E-state index contributed by atoms with van der Waals surface area (Å²) in [6.07, 6.45) is 3.64. The Morgan fingerprint density at radius 3 is 3.10 bits per heavy atom. The maximum Gasteiger partial charge on any atom is 0.165 e. The lowest BCUT2D eigenvalue weighted by Crippen LogP contribution is -2.11. The van der Waals surface area contributed by atoms with E-state index in [0.717, 1.165) is 24.4 Å². The maximum atomic E-state index is 6.04. The van der Waals surface area contributed by atoms with Crippen LogP contribution >= 0.6 is 0 Å². The number of benzene rings is 1. The molecule has 5 heteroatoms. The molecule has 20 heavy (non-hydrogen) atoms. The summed E-state index contributed by atoms with van der Waals surface area (Å²) in [7, 11) is 0.